The normalized spacial score (nSPS) is 23.1. The highest BCUT2D eigenvalue weighted by Gasteiger charge is 2.37. The van der Waals surface area contributed by atoms with E-state index in [9.17, 15) is 0 Å². The van der Waals surface area contributed by atoms with Gasteiger partial charge in [-0.2, -0.15) is 0 Å². The molecule has 2 heterocycles. The molecule has 4 rings (SSSR count). The second kappa shape index (κ2) is 10.3. The van der Waals surface area contributed by atoms with Crippen LogP contribution in [0.1, 0.15) is 63.4 Å². The SMILES string of the molecule is CN(CC1(c2ccc(OCCCN3CCCC3)cc2)CCOCC1)C1CCCC1. The number of rotatable bonds is 9. The van der Waals surface area contributed by atoms with E-state index in [0.717, 1.165) is 57.4 Å². The van der Waals surface area contributed by atoms with Crippen molar-refractivity contribution in [3.8, 4) is 5.75 Å². The van der Waals surface area contributed by atoms with Crippen LogP contribution in [0.4, 0.5) is 0 Å². The summed E-state index contributed by atoms with van der Waals surface area (Å²) in [7, 11) is 2.34. The molecule has 29 heavy (non-hydrogen) atoms. The Labute approximate surface area is 177 Å². The van der Waals surface area contributed by atoms with Crippen LogP contribution in [0.3, 0.4) is 0 Å². The van der Waals surface area contributed by atoms with E-state index in [1.54, 1.807) is 0 Å². The van der Waals surface area contributed by atoms with Gasteiger partial charge in [0, 0.05) is 37.8 Å². The van der Waals surface area contributed by atoms with Gasteiger partial charge in [0.15, 0.2) is 0 Å². The minimum absolute atomic E-state index is 0.226. The third kappa shape index (κ3) is 5.53. The van der Waals surface area contributed by atoms with E-state index in [-0.39, 0.29) is 5.41 Å². The highest BCUT2D eigenvalue weighted by molar-refractivity contribution is 5.33. The average Bonchev–Trinajstić information content (AvgIpc) is 3.46. The number of benzene rings is 1. The van der Waals surface area contributed by atoms with Crippen molar-refractivity contribution < 1.29 is 9.47 Å². The first-order valence-electron chi connectivity index (χ1n) is 12.0. The predicted octanol–water partition coefficient (Wildman–Crippen LogP) is 4.47. The lowest BCUT2D eigenvalue weighted by atomic mass is 9.73. The van der Waals surface area contributed by atoms with Gasteiger partial charge >= 0.3 is 0 Å². The first-order chi connectivity index (χ1) is 14.3. The van der Waals surface area contributed by atoms with Gasteiger partial charge in [0.25, 0.3) is 0 Å². The van der Waals surface area contributed by atoms with Gasteiger partial charge in [0.2, 0.25) is 0 Å². The van der Waals surface area contributed by atoms with Crippen molar-refractivity contribution in [2.75, 3.05) is 53.0 Å². The number of likely N-dealkylation sites (N-methyl/N-ethyl adjacent to an activating group) is 1. The Morgan fingerprint density at radius 1 is 1.03 bits per heavy atom. The van der Waals surface area contributed by atoms with Crippen LogP contribution in [0.25, 0.3) is 0 Å². The summed E-state index contributed by atoms with van der Waals surface area (Å²) in [4.78, 5) is 5.20. The van der Waals surface area contributed by atoms with Crippen molar-refractivity contribution in [1.82, 2.24) is 9.80 Å². The summed E-state index contributed by atoms with van der Waals surface area (Å²) >= 11 is 0. The fourth-order valence-electron chi connectivity index (χ4n) is 5.64. The van der Waals surface area contributed by atoms with Gasteiger partial charge in [-0.15, -0.1) is 0 Å². The average molecular weight is 401 g/mol. The molecule has 0 unspecified atom stereocenters. The van der Waals surface area contributed by atoms with E-state index in [0.29, 0.717) is 0 Å². The molecule has 0 spiro atoms. The van der Waals surface area contributed by atoms with Gasteiger partial charge in [0.1, 0.15) is 5.75 Å². The van der Waals surface area contributed by atoms with Crippen molar-refractivity contribution in [2.45, 2.75) is 69.2 Å². The first kappa shape index (κ1) is 21.1. The molecule has 0 amide bonds. The van der Waals surface area contributed by atoms with Crippen molar-refractivity contribution in [3.05, 3.63) is 29.8 Å². The third-order valence-corrected chi connectivity index (χ3v) is 7.50. The maximum atomic E-state index is 6.04. The molecule has 0 N–H and O–H groups in total. The zero-order valence-corrected chi connectivity index (χ0v) is 18.4. The topological polar surface area (TPSA) is 24.9 Å². The second-order valence-corrected chi connectivity index (χ2v) is 9.52. The fourth-order valence-corrected chi connectivity index (χ4v) is 5.64. The largest absolute Gasteiger partial charge is 0.494 e. The highest BCUT2D eigenvalue weighted by Crippen LogP contribution is 2.38. The standard InChI is InChI=1S/C25H40N2O2/c1-26(23-7-2-3-8-23)21-25(13-19-28-20-14-25)22-9-11-24(12-10-22)29-18-6-17-27-15-4-5-16-27/h9-12,23H,2-8,13-21H2,1H3. The van der Waals surface area contributed by atoms with Crippen LogP contribution in [-0.4, -0.2) is 68.9 Å². The smallest absolute Gasteiger partial charge is 0.119 e. The summed E-state index contributed by atoms with van der Waals surface area (Å²) < 4.78 is 11.8. The summed E-state index contributed by atoms with van der Waals surface area (Å²) in [5, 5.41) is 0. The maximum Gasteiger partial charge on any atom is 0.119 e. The molecule has 0 radical (unpaired) electrons. The van der Waals surface area contributed by atoms with E-state index in [2.05, 4.69) is 41.1 Å². The molecule has 1 aromatic rings. The van der Waals surface area contributed by atoms with Crippen LogP contribution in [0.5, 0.6) is 5.75 Å². The fraction of sp³-hybridized carbons (Fsp3) is 0.760. The minimum Gasteiger partial charge on any atom is -0.494 e. The lowest BCUT2D eigenvalue weighted by Crippen LogP contribution is -2.46. The molecule has 0 bridgehead atoms. The number of hydrogen-bond donors (Lipinski definition) is 0. The van der Waals surface area contributed by atoms with E-state index in [1.165, 1.54) is 63.7 Å². The zero-order chi connectivity index (χ0) is 19.9. The molecule has 1 aliphatic carbocycles. The molecule has 4 heteroatoms. The van der Waals surface area contributed by atoms with Crippen LogP contribution in [-0.2, 0) is 10.2 Å². The summed E-state index contributed by atoms with van der Waals surface area (Å²) in [5.74, 6) is 1.02. The van der Waals surface area contributed by atoms with E-state index < -0.39 is 0 Å². The number of ether oxygens (including phenoxy) is 2. The second-order valence-electron chi connectivity index (χ2n) is 9.52. The Bertz CT molecular complexity index is 600. The lowest BCUT2D eigenvalue weighted by Gasteiger charge is -2.42. The van der Waals surface area contributed by atoms with Crippen molar-refractivity contribution in [3.63, 3.8) is 0 Å². The molecule has 2 saturated heterocycles. The molecule has 0 atom stereocenters. The van der Waals surface area contributed by atoms with Gasteiger partial charge in [-0.25, -0.2) is 0 Å². The Morgan fingerprint density at radius 3 is 2.41 bits per heavy atom. The van der Waals surface area contributed by atoms with Gasteiger partial charge in [-0.05, 0) is 82.8 Å². The molecule has 3 aliphatic rings. The lowest BCUT2D eigenvalue weighted by molar-refractivity contribution is 0.0318. The van der Waals surface area contributed by atoms with Crippen LogP contribution in [0.15, 0.2) is 24.3 Å². The molecular weight excluding hydrogens is 360 g/mol. The van der Waals surface area contributed by atoms with Crippen LogP contribution in [0, 0.1) is 0 Å². The van der Waals surface area contributed by atoms with Crippen LogP contribution >= 0.6 is 0 Å². The summed E-state index contributed by atoms with van der Waals surface area (Å²) in [6.45, 7) is 7.46. The summed E-state index contributed by atoms with van der Waals surface area (Å²) in [6.07, 6.45) is 11.6. The van der Waals surface area contributed by atoms with E-state index >= 15 is 0 Å². The molecule has 3 fully saturated rings. The molecule has 4 nitrogen and oxygen atoms in total. The predicted molar refractivity (Wildman–Crippen MR) is 119 cm³/mol. The Balaban J connectivity index is 1.33. The van der Waals surface area contributed by atoms with Crippen molar-refractivity contribution in [1.29, 1.82) is 0 Å². The van der Waals surface area contributed by atoms with E-state index in [1.807, 2.05) is 0 Å². The Morgan fingerprint density at radius 2 is 1.72 bits per heavy atom. The maximum absolute atomic E-state index is 6.04. The molecular formula is C25H40N2O2. The summed E-state index contributed by atoms with van der Waals surface area (Å²) in [5.41, 5.74) is 1.69. The molecule has 162 valence electrons. The van der Waals surface area contributed by atoms with Crippen LogP contribution < -0.4 is 4.74 Å². The van der Waals surface area contributed by atoms with Crippen LogP contribution in [0.2, 0.25) is 0 Å². The number of likely N-dealkylation sites (tertiary alicyclic amines) is 1. The number of nitrogens with zero attached hydrogens (tertiary/aromatic N) is 2. The van der Waals surface area contributed by atoms with Gasteiger partial charge in [-0.3, -0.25) is 0 Å². The first-order valence-corrected chi connectivity index (χ1v) is 12.0. The Kier molecular flexibility index (Phi) is 7.49. The monoisotopic (exact) mass is 400 g/mol. The quantitative estimate of drug-likeness (QED) is 0.571. The van der Waals surface area contributed by atoms with Gasteiger partial charge in [0.05, 0.1) is 6.61 Å². The number of hydrogen-bond acceptors (Lipinski definition) is 4. The highest BCUT2D eigenvalue weighted by atomic mass is 16.5. The van der Waals surface area contributed by atoms with Gasteiger partial charge < -0.3 is 19.3 Å². The molecule has 2 aliphatic heterocycles. The van der Waals surface area contributed by atoms with Crippen molar-refractivity contribution >= 4 is 0 Å². The third-order valence-electron chi connectivity index (χ3n) is 7.50. The van der Waals surface area contributed by atoms with E-state index in [4.69, 9.17) is 9.47 Å². The molecule has 1 aromatic carbocycles. The zero-order valence-electron chi connectivity index (χ0n) is 18.4. The molecule has 1 saturated carbocycles. The van der Waals surface area contributed by atoms with Gasteiger partial charge in [-0.1, -0.05) is 25.0 Å². The van der Waals surface area contributed by atoms with Crippen molar-refractivity contribution in [2.24, 2.45) is 0 Å². The molecule has 0 aromatic heterocycles. The summed E-state index contributed by atoms with van der Waals surface area (Å²) in [6, 6.07) is 9.80. The minimum atomic E-state index is 0.226. The Hall–Kier alpha value is -1.10.